The first kappa shape index (κ1) is 25.4. The fraction of sp³-hybridized carbons (Fsp3) is 0.143. The number of imidazole rings is 1. The third kappa shape index (κ3) is 5.34. The molecule has 198 valence electrons. The van der Waals surface area contributed by atoms with Crippen LogP contribution < -0.4 is 18.9 Å². The molecule has 6 rings (SSSR count). The summed E-state index contributed by atoms with van der Waals surface area (Å²) in [5, 5.41) is 6.68. The van der Waals surface area contributed by atoms with Crippen LogP contribution in [0.4, 0.5) is 0 Å². The van der Waals surface area contributed by atoms with E-state index in [0.717, 1.165) is 16.5 Å². The van der Waals surface area contributed by atoms with Gasteiger partial charge in [0.15, 0.2) is 5.76 Å². The van der Waals surface area contributed by atoms with Crippen molar-refractivity contribution in [2.75, 3.05) is 14.2 Å². The summed E-state index contributed by atoms with van der Waals surface area (Å²) < 4.78 is 30.7. The topological polar surface area (TPSA) is 80.2 Å². The summed E-state index contributed by atoms with van der Waals surface area (Å²) in [6.07, 6.45) is 1.80. The van der Waals surface area contributed by atoms with E-state index < -0.39 is 0 Å². The van der Waals surface area contributed by atoms with Gasteiger partial charge in [-0.2, -0.15) is 0 Å². The Bertz CT molecular complexity index is 1760. The molecule has 0 amide bonds. The highest BCUT2D eigenvalue weighted by molar-refractivity contribution is 7.18. The normalized spacial score (nSPS) is 11.3. The average Bonchev–Trinajstić information content (AvgIpc) is 3.65. The van der Waals surface area contributed by atoms with Crippen molar-refractivity contribution >= 4 is 50.5 Å². The number of halogens is 2. The number of benzene rings is 3. The van der Waals surface area contributed by atoms with Gasteiger partial charge >= 0.3 is 0 Å². The Labute approximate surface area is 237 Å². The number of hydrogen-bond acceptors (Lipinski definition) is 8. The van der Waals surface area contributed by atoms with Gasteiger partial charge in [-0.05, 0) is 52.8 Å². The second-order valence-corrected chi connectivity index (χ2v) is 10.3. The molecule has 0 unspecified atom stereocenters. The number of hydrogen-bond donors (Lipinski definition) is 0. The van der Waals surface area contributed by atoms with Crippen molar-refractivity contribution in [2.45, 2.75) is 13.2 Å². The molecule has 0 aliphatic heterocycles. The molecular formula is C28H21Cl2N3O5S. The summed E-state index contributed by atoms with van der Waals surface area (Å²) in [6.45, 7) is 0.681. The van der Waals surface area contributed by atoms with Crippen LogP contribution in [0.5, 0.6) is 22.4 Å². The van der Waals surface area contributed by atoms with Crippen LogP contribution in [0.3, 0.4) is 0 Å². The van der Waals surface area contributed by atoms with E-state index >= 15 is 0 Å². The van der Waals surface area contributed by atoms with E-state index in [4.69, 9.17) is 46.6 Å². The minimum atomic E-state index is 0.316. The van der Waals surface area contributed by atoms with Crippen molar-refractivity contribution in [1.29, 1.82) is 0 Å². The Morgan fingerprint density at radius 1 is 0.872 bits per heavy atom. The highest BCUT2D eigenvalue weighted by Crippen LogP contribution is 2.37. The lowest BCUT2D eigenvalue weighted by Gasteiger charge is -2.11. The van der Waals surface area contributed by atoms with E-state index in [1.54, 1.807) is 37.1 Å². The first-order chi connectivity index (χ1) is 19.0. The van der Waals surface area contributed by atoms with Crippen LogP contribution >= 0.6 is 34.5 Å². The van der Waals surface area contributed by atoms with Crippen molar-refractivity contribution < 1.29 is 23.4 Å². The minimum absolute atomic E-state index is 0.316. The molecule has 0 atom stereocenters. The van der Waals surface area contributed by atoms with Gasteiger partial charge in [0, 0.05) is 12.1 Å². The molecule has 0 fully saturated rings. The van der Waals surface area contributed by atoms with Crippen LogP contribution in [-0.4, -0.2) is 28.8 Å². The van der Waals surface area contributed by atoms with Crippen molar-refractivity contribution in [2.24, 2.45) is 0 Å². The average molecular weight is 582 g/mol. The zero-order valence-corrected chi connectivity index (χ0v) is 23.1. The van der Waals surface area contributed by atoms with Crippen LogP contribution in [0.2, 0.25) is 10.0 Å². The van der Waals surface area contributed by atoms with Gasteiger partial charge in [0.2, 0.25) is 4.96 Å². The molecule has 3 heterocycles. The van der Waals surface area contributed by atoms with Crippen LogP contribution in [0, 0.1) is 0 Å². The number of furan rings is 1. The van der Waals surface area contributed by atoms with E-state index in [2.05, 4.69) is 10.1 Å². The third-order valence-electron chi connectivity index (χ3n) is 5.94. The minimum Gasteiger partial charge on any atom is -0.496 e. The van der Waals surface area contributed by atoms with Gasteiger partial charge < -0.3 is 23.4 Å². The molecule has 3 aromatic carbocycles. The SMILES string of the molecule is COc1cc(OCc2cccc(OCc3ccc(Cl)c(Cl)c3)c2)c2cc(-c3cn4nc(OC)sc4n3)oc2c1. The van der Waals surface area contributed by atoms with E-state index in [0.29, 0.717) is 67.7 Å². The van der Waals surface area contributed by atoms with E-state index in [9.17, 15) is 0 Å². The first-order valence-electron chi connectivity index (χ1n) is 11.8. The molecule has 0 N–H and O–H groups in total. The molecule has 3 aromatic heterocycles. The van der Waals surface area contributed by atoms with Crippen LogP contribution in [0.25, 0.3) is 27.4 Å². The first-order valence-corrected chi connectivity index (χ1v) is 13.4. The number of nitrogens with zero attached hydrogens (tertiary/aromatic N) is 3. The summed E-state index contributed by atoms with van der Waals surface area (Å²) in [5.74, 6) is 2.56. The molecule has 0 aliphatic rings. The number of ether oxygens (including phenoxy) is 4. The van der Waals surface area contributed by atoms with Gasteiger partial charge in [-0.1, -0.05) is 41.4 Å². The van der Waals surface area contributed by atoms with E-state index in [-0.39, 0.29) is 0 Å². The van der Waals surface area contributed by atoms with Gasteiger partial charge in [0.1, 0.15) is 41.7 Å². The fourth-order valence-corrected chi connectivity index (χ4v) is 5.03. The smallest absolute Gasteiger partial charge is 0.294 e. The summed E-state index contributed by atoms with van der Waals surface area (Å²) >= 11 is 13.5. The Morgan fingerprint density at radius 2 is 1.72 bits per heavy atom. The maximum atomic E-state index is 6.24. The van der Waals surface area contributed by atoms with Crippen LogP contribution in [0.15, 0.2) is 71.3 Å². The summed E-state index contributed by atoms with van der Waals surface area (Å²) in [4.78, 5) is 5.32. The largest absolute Gasteiger partial charge is 0.496 e. The van der Waals surface area contributed by atoms with Gasteiger partial charge in [-0.3, -0.25) is 0 Å². The lowest BCUT2D eigenvalue weighted by Crippen LogP contribution is -1.99. The van der Waals surface area contributed by atoms with Crippen molar-refractivity contribution in [3.63, 3.8) is 0 Å². The maximum absolute atomic E-state index is 6.24. The highest BCUT2D eigenvalue weighted by atomic mass is 35.5. The molecule has 39 heavy (non-hydrogen) atoms. The van der Waals surface area contributed by atoms with Gasteiger partial charge in [-0.15, -0.1) is 5.10 Å². The number of fused-ring (bicyclic) bond motifs is 2. The molecule has 11 heteroatoms. The van der Waals surface area contributed by atoms with Gasteiger partial charge in [0.25, 0.3) is 5.19 Å². The Morgan fingerprint density at radius 3 is 2.51 bits per heavy atom. The monoisotopic (exact) mass is 581 g/mol. The second kappa shape index (κ2) is 10.7. The molecule has 0 aliphatic carbocycles. The predicted molar refractivity (Wildman–Crippen MR) is 151 cm³/mol. The molecule has 0 bridgehead atoms. The maximum Gasteiger partial charge on any atom is 0.294 e. The molecule has 8 nitrogen and oxygen atoms in total. The summed E-state index contributed by atoms with van der Waals surface area (Å²) in [5.41, 5.74) is 3.15. The lowest BCUT2D eigenvalue weighted by molar-refractivity contribution is 0.296. The van der Waals surface area contributed by atoms with Crippen molar-refractivity contribution in [3.05, 3.63) is 88.0 Å². The zero-order valence-electron chi connectivity index (χ0n) is 20.8. The molecule has 0 saturated heterocycles. The van der Waals surface area contributed by atoms with Crippen LogP contribution in [-0.2, 0) is 13.2 Å². The van der Waals surface area contributed by atoms with Gasteiger partial charge in [-0.25, -0.2) is 9.50 Å². The molecular weight excluding hydrogens is 561 g/mol. The molecule has 0 spiro atoms. The molecule has 0 saturated carbocycles. The van der Waals surface area contributed by atoms with Crippen molar-refractivity contribution in [3.8, 4) is 33.9 Å². The van der Waals surface area contributed by atoms with E-state index in [1.165, 1.54) is 11.3 Å². The lowest BCUT2D eigenvalue weighted by atomic mass is 10.2. The quantitative estimate of drug-likeness (QED) is 0.173. The summed E-state index contributed by atoms with van der Waals surface area (Å²) in [6, 6.07) is 18.7. The zero-order chi connectivity index (χ0) is 26.9. The highest BCUT2D eigenvalue weighted by Gasteiger charge is 2.17. The molecule has 6 aromatic rings. The predicted octanol–water partition coefficient (Wildman–Crippen LogP) is 7.69. The number of rotatable bonds is 9. The van der Waals surface area contributed by atoms with Crippen LogP contribution in [0.1, 0.15) is 11.1 Å². The third-order valence-corrected chi connectivity index (χ3v) is 7.57. The number of methoxy groups -OCH3 is 2. The second-order valence-electron chi connectivity index (χ2n) is 8.55. The Hall–Kier alpha value is -3.92. The van der Waals surface area contributed by atoms with Gasteiger partial charge in [0.05, 0.1) is 35.8 Å². The summed E-state index contributed by atoms with van der Waals surface area (Å²) in [7, 11) is 3.18. The Kier molecular flexibility index (Phi) is 6.95. The van der Waals surface area contributed by atoms with Crippen molar-refractivity contribution in [1.82, 2.24) is 14.6 Å². The van der Waals surface area contributed by atoms with E-state index in [1.807, 2.05) is 48.5 Å². The standard InChI is InChI=1S/C28H21Cl2N3O5S/c1-34-19-10-24(20-12-26(38-25(20)11-19)23-13-33-27(31-23)39-28(32-33)35-2)37-15-16-4-3-5-18(8-16)36-14-17-6-7-21(29)22(30)9-17/h3-13H,14-15H2,1-2H3. The fourth-order valence-electron chi connectivity index (χ4n) is 4.01. The number of aromatic nitrogens is 3. The molecule has 0 radical (unpaired) electrons. The Balaban J connectivity index is 1.21.